The average molecular weight is 1380 g/mol. The lowest BCUT2D eigenvalue weighted by Crippen LogP contribution is -2.40. The van der Waals surface area contributed by atoms with Gasteiger partial charge in [-0.25, -0.2) is 4.79 Å². The molecule has 0 aliphatic heterocycles. The molecule has 0 fully saturated rings. The molecule has 2 atom stereocenters. The Labute approximate surface area is 610 Å². The second-order valence-corrected chi connectivity index (χ2v) is 28.0. The maximum absolute atomic E-state index is 13.0. The number of aliphatic carboxylic acids is 1. The summed E-state index contributed by atoms with van der Waals surface area (Å²) in [5.74, 6) is -2.00. The third-order valence-electron chi connectivity index (χ3n) is 17.3. The van der Waals surface area contributed by atoms with Crippen molar-refractivity contribution in [2.75, 3.05) is 47.5 Å². The van der Waals surface area contributed by atoms with Crippen molar-refractivity contribution in [3.05, 3.63) is 158 Å². The van der Waals surface area contributed by atoms with Crippen molar-refractivity contribution in [3.8, 4) is 0 Å². The average Bonchev–Trinajstić information content (AvgIpc) is 1.57. The molecule has 9 heteroatoms. The van der Waals surface area contributed by atoms with Crippen LogP contribution in [-0.2, 0) is 33.3 Å². The Morgan fingerprint density at radius 2 is 0.545 bits per heavy atom. The third-order valence-corrected chi connectivity index (χ3v) is 17.3. The van der Waals surface area contributed by atoms with Crippen LogP contribution in [0.5, 0.6) is 0 Å². The van der Waals surface area contributed by atoms with Gasteiger partial charge in [0.1, 0.15) is 13.2 Å². The van der Waals surface area contributed by atoms with Gasteiger partial charge in [-0.2, -0.15) is 0 Å². The predicted molar refractivity (Wildman–Crippen MR) is 428 cm³/mol. The second kappa shape index (κ2) is 78.6. The lowest BCUT2D eigenvalue weighted by Gasteiger charge is -2.25. The number of carbonyl (C=O) groups is 3. The monoisotopic (exact) mass is 1380 g/mol. The van der Waals surface area contributed by atoms with Crippen molar-refractivity contribution in [2.45, 2.75) is 347 Å². The van der Waals surface area contributed by atoms with Crippen molar-refractivity contribution >= 4 is 17.9 Å². The van der Waals surface area contributed by atoms with Crippen LogP contribution in [0.3, 0.4) is 0 Å². The van der Waals surface area contributed by atoms with Gasteiger partial charge in [-0.15, -0.1) is 0 Å². The number of carboxylic acid groups (broad SMARTS) is 1. The van der Waals surface area contributed by atoms with Gasteiger partial charge in [0, 0.05) is 12.8 Å². The highest BCUT2D eigenvalue weighted by Crippen LogP contribution is 2.18. The standard InChI is InChI=1S/C90H151NO8/c1-6-8-10-12-14-16-18-20-22-24-26-28-30-32-34-36-38-40-41-42-43-44-45-46-47-49-50-52-54-56-58-60-62-64-66-68-70-72-74-76-78-80-87(92)97-84-86(85-98-90(89(94)95)96-83-82-91(3,4)5)99-88(93)81-79-77-75-73-71-69-67-65-63-61-59-57-55-53-51-48-39-37-35-33-31-29-27-25-23-21-19-17-15-13-11-9-7-2/h8-11,14-17,20-23,26-29,32-35,38-40,48,53,55,86,90H,6-7,12-13,18-19,24-25,30-31,36-37,41-47,49-52,54,56-85H2,1-5H3/p+1/b10-8-,11-9-,16-14-,17-15-,22-20-,23-21-,28-26-,29-27-,34-32-,35-33-,40-38-,48-39-,55-53-. The molecule has 1 N–H and O–H groups in total. The lowest BCUT2D eigenvalue weighted by atomic mass is 10.0. The van der Waals surface area contributed by atoms with Crippen LogP contribution in [0.4, 0.5) is 0 Å². The molecule has 0 aliphatic carbocycles. The van der Waals surface area contributed by atoms with E-state index in [4.69, 9.17) is 18.9 Å². The maximum atomic E-state index is 13.0. The number of hydrogen-bond donors (Lipinski definition) is 1. The Morgan fingerprint density at radius 3 is 0.808 bits per heavy atom. The Bertz CT molecular complexity index is 2200. The van der Waals surface area contributed by atoms with Gasteiger partial charge in [0.15, 0.2) is 6.10 Å². The van der Waals surface area contributed by atoms with E-state index in [1.807, 2.05) is 21.1 Å². The number of allylic oxidation sites excluding steroid dienone is 26. The van der Waals surface area contributed by atoms with Crippen LogP contribution in [0.1, 0.15) is 335 Å². The van der Waals surface area contributed by atoms with Gasteiger partial charge in [-0.05, 0) is 122 Å². The zero-order valence-electron chi connectivity index (χ0n) is 64.6. The number of esters is 2. The normalized spacial score (nSPS) is 13.5. The van der Waals surface area contributed by atoms with Gasteiger partial charge in [0.05, 0.1) is 34.4 Å². The van der Waals surface area contributed by atoms with Gasteiger partial charge in [-0.1, -0.05) is 358 Å². The molecule has 0 amide bonds. The van der Waals surface area contributed by atoms with Crippen LogP contribution in [0.25, 0.3) is 0 Å². The van der Waals surface area contributed by atoms with Gasteiger partial charge in [0.2, 0.25) is 0 Å². The Kier molecular flexibility index (Phi) is 74.6. The summed E-state index contributed by atoms with van der Waals surface area (Å²) >= 11 is 0. The van der Waals surface area contributed by atoms with Gasteiger partial charge >= 0.3 is 17.9 Å². The number of carboxylic acids is 1. The summed E-state index contributed by atoms with van der Waals surface area (Å²) in [6.07, 6.45) is 114. The summed E-state index contributed by atoms with van der Waals surface area (Å²) < 4.78 is 23.0. The van der Waals surface area contributed by atoms with Gasteiger partial charge in [0.25, 0.3) is 6.29 Å². The number of ether oxygens (including phenoxy) is 4. The fourth-order valence-electron chi connectivity index (χ4n) is 11.2. The van der Waals surface area contributed by atoms with E-state index >= 15 is 0 Å². The van der Waals surface area contributed by atoms with E-state index in [0.717, 1.165) is 128 Å². The van der Waals surface area contributed by atoms with Crippen LogP contribution >= 0.6 is 0 Å². The number of unbranched alkanes of at least 4 members (excludes halogenated alkanes) is 33. The first-order chi connectivity index (χ1) is 48.6. The minimum Gasteiger partial charge on any atom is -0.477 e. The quantitative estimate of drug-likeness (QED) is 0.0211. The summed E-state index contributed by atoms with van der Waals surface area (Å²) in [6, 6.07) is 0. The fraction of sp³-hybridized carbons (Fsp3) is 0.678. The molecule has 99 heavy (non-hydrogen) atoms. The van der Waals surface area contributed by atoms with Crippen molar-refractivity contribution in [3.63, 3.8) is 0 Å². The number of quaternary nitrogens is 1. The third kappa shape index (κ3) is 80.1. The fourth-order valence-corrected chi connectivity index (χ4v) is 11.2. The molecule has 0 radical (unpaired) electrons. The smallest absolute Gasteiger partial charge is 0.361 e. The molecule has 0 saturated carbocycles. The molecule has 0 aromatic heterocycles. The molecule has 564 valence electrons. The summed E-state index contributed by atoms with van der Waals surface area (Å²) in [4.78, 5) is 37.8. The van der Waals surface area contributed by atoms with Crippen molar-refractivity contribution in [1.82, 2.24) is 0 Å². The largest absolute Gasteiger partial charge is 0.477 e. The number of rotatable bonds is 74. The molecule has 0 spiro atoms. The van der Waals surface area contributed by atoms with E-state index < -0.39 is 24.3 Å². The summed E-state index contributed by atoms with van der Waals surface area (Å²) in [6.45, 7) is 4.67. The van der Waals surface area contributed by atoms with Crippen molar-refractivity contribution < 1.29 is 42.9 Å². The molecule has 0 aromatic rings. The van der Waals surface area contributed by atoms with Crippen LogP contribution in [0, 0.1) is 0 Å². The van der Waals surface area contributed by atoms with E-state index in [0.29, 0.717) is 23.9 Å². The molecular formula is C90H152NO8+. The molecule has 0 heterocycles. The lowest BCUT2D eigenvalue weighted by molar-refractivity contribution is -0.870. The molecule has 0 bridgehead atoms. The number of hydrogen-bond acceptors (Lipinski definition) is 7. The molecule has 9 nitrogen and oxygen atoms in total. The first kappa shape index (κ1) is 93.9. The Morgan fingerprint density at radius 1 is 0.303 bits per heavy atom. The van der Waals surface area contributed by atoms with Crippen LogP contribution in [0.15, 0.2) is 158 Å². The molecule has 0 aliphatic rings. The number of likely N-dealkylation sites (N-methyl/N-ethyl adjacent to an activating group) is 1. The molecule has 0 rings (SSSR count). The summed E-state index contributed by atoms with van der Waals surface area (Å²) in [5.41, 5.74) is 0. The SMILES string of the molecule is CC/C=C\C/C=C\C/C=C\C/C=C\C/C=C\C/C=C\C/C=C\CCCCCCCCCCCCCC(=O)OC(COC(=O)CCCCCCCCCCCCCCCCCCCCCCCC/C=C\C/C=C\C/C=C\C/C=C\C/C=C\C/C=C\CC)COC(OCC[N+](C)(C)C)C(=O)O. The topological polar surface area (TPSA) is 108 Å². The highest BCUT2D eigenvalue weighted by atomic mass is 16.7. The van der Waals surface area contributed by atoms with Gasteiger partial charge < -0.3 is 28.5 Å². The zero-order chi connectivity index (χ0) is 71.8. The second-order valence-electron chi connectivity index (χ2n) is 28.0. The van der Waals surface area contributed by atoms with E-state index in [-0.39, 0.29) is 32.2 Å². The Hall–Kier alpha value is -5.09. The highest BCUT2D eigenvalue weighted by molar-refractivity contribution is 5.71. The van der Waals surface area contributed by atoms with E-state index in [1.54, 1.807) is 0 Å². The number of carbonyl (C=O) groups excluding carboxylic acids is 2. The van der Waals surface area contributed by atoms with E-state index in [9.17, 15) is 19.5 Å². The molecule has 2 unspecified atom stereocenters. The first-order valence-corrected chi connectivity index (χ1v) is 40.6. The number of nitrogens with zero attached hydrogens (tertiary/aromatic N) is 1. The Balaban J connectivity index is 4.03. The molecule has 0 saturated heterocycles. The maximum Gasteiger partial charge on any atom is 0.361 e. The minimum absolute atomic E-state index is 0.182. The summed E-state index contributed by atoms with van der Waals surface area (Å²) in [7, 11) is 5.98. The minimum atomic E-state index is -1.52. The first-order valence-electron chi connectivity index (χ1n) is 40.6. The zero-order valence-corrected chi connectivity index (χ0v) is 64.6. The van der Waals surface area contributed by atoms with Crippen molar-refractivity contribution in [1.29, 1.82) is 0 Å². The van der Waals surface area contributed by atoms with E-state index in [1.165, 1.54) is 173 Å². The molecule has 0 aromatic carbocycles. The van der Waals surface area contributed by atoms with Crippen LogP contribution in [0.2, 0.25) is 0 Å². The highest BCUT2D eigenvalue weighted by Gasteiger charge is 2.25. The van der Waals surface area contributed by atoms with Crippen LogP contribution in [-0.4, -0.2) is 87.4 Å². The molecular weight excluding hydrogens is 1220 g/mol. The van der Waals surface area contributed by atoms with Crippen molar-refractivity contribution in [2.24, 2.45) is 0 Å². The van der Waals surface area contributed by atoms with E-state index in [2.05, 4.69) is 172 Å². The summed E-state index contributed by atoms with van der Waals surface area (Å²) in [5, 5.41) is 9.78. The van der Waals surface area contributed by atoms with Gasteiger partial charge in [-0.3, -0.25) is 9.59 Å². The predicted octanol–water partition coefficient (Wildman–Crippen LogP) is 26.4. The van der Waals surface area contributed by atoms with Crippen LogP contribution < -0.4 is 0 Å².